The first-order valence-electron chi connectivity index (χ1n) is 21.9. The van der Waals surface area contributed by atoms with Gasteiger partial charge in [0.25, 0.3) is 0 Å². The van der Waals surface area contributed by atoms with Crippen molar-refractivity contribution in [2.75, 3.05) is 19.7 Å². The summed E-state index contributed by atoms with van der Waals surface area (Å²) in [6, 6.07) is 5.85. The van der Waals surface area contributed by atoms with Crippen LogP contribution in [0.25, 0.3) is 21.6 Å². The molecule has 0 radical (unpaired) electrons. The fourth-order valence-corrected chi connectivity index (χ4v) is 8.79. The zero-order valence-corrected chi connectivity index (χ0v) is 44.7. The van der Waals surface area contributed by atoms with Crippen LogP contribution in [0.1, 0.15) is 87.6 Å². The van der Waals surface area contributed by atoms with Gasteiger partial charge in [0.05, 0.1) is 17.9 Å². The summed E-state index contributed by atoms with van der Waals surface area (Å²) in [6.07, 6.45) is 4.45. The fraction of sp³-hybridized carbons (Fsp3) is 0.667. The molecule has 1 aliphatic rings. The number of nitrogens with zero attached hydrogens (tertiary/aromatic N) is 5. The Kier molecular flexibility index (Phi) is 21.2. The minimum atomic E-state index is -6.85. The number of halogens is 6. The molecule has 21 nitrogen and oxygen atoms in total. The van der Waals surface area contributed by atoms with Crippen LogP contribution in [-0.2, 0) is 71.6 Å². The van der Waals surface area contributed by atoms with E-state index < -0.39 is 80.6 Å². The quantitative estimate of drug-likeness (QED) is 0.0109. The zero-order valence-electron chi connectivity index (χ0n) is 42.0. The second-order valence-corrected chi connectivity index (χ2v) is 27.8. The highest BCUT2D eigenvalue weighted by atomic mass is 32.3. The van der Waals surface area contributed by atoms with Crippen LogP contribution in [0.2, 0.25) is 18.1 Å². The summed E-state index contributed by atoms with van der Waals surface area (Å²) < 4.78 is 144. The smallest absolute Gasteiger partial charge is 0.486 e. The van der Waals surface area contributed by atoms with E-state index in [1.165, 1.54) is 13.0 Å². The highest BCUT2D eigenvalue weighted by Crippen LogP contribution is 2.39. The van der Waals surface area contributed by atoms with Crippen molar-refractivity contribution in [2.45, 2.75) is 160 Å². The Morgan fingerprint density at radius 2 is 1.53 bits per heavy atom. The number of esters is 1. The third-order valence-corrected chi connectivity index (χ3v) is 17.4. The van der Waals surface area contributed by atoms with Gasteiger partial charge in [0.2, 0.25) is 11.8 Å². The first-order chi connectivity index (χ1) is 32.6. The lowest BCUT2D eigenvalue weighted by Gasteiger charge is -2.39. The van der Waals surface area contributed by atoms with Gasteiger partial charge in [-0.3, -0.25) is 0 Å². The van der Waals surface area contributed by atoms with Gasteiger partial charge in [-0.1, -0.05) is 44.6 Å². The SMILES string of the molecule is C=CCOC(=O)NOC(C)(C(=O)OC(C)(C)C)[C@H]1CCc2cc(-c3cn(CC(CNC(=O)OC(C)(C)C)O[Si](C)(C)C(C)(C)C)[n+](CCCN=[N+]=[N-])c3)ccc2O1.O=S(=O)(OS(=O)(=O)C(F)(F)F)C(F)(F)F. The van der Waals surface area contributed by atoms with Crippen molar-refractivity contribution in [3.8, 4) is 16.9 Å². The minimum Gasteiger partial charge on any atom is -0.486 e. The molecule has 0 aliphatic carbocycles. The highest BCUT2D eigenvalue weighted by Gasteiger charge is 2.57. The van der Waals surface area contributed by atoms with Gasteiger partial charge >= 0.3 is 49.4 Å². The Morgan fingerprint density at radius 1 is 0.944 bits per heavy atom. The van der Waals surface area contributed by atoms with Crippen molar-refractivity contribution in [1.29, 1.82) is 0 Å². The molecule has 3 rings (SSSR count). The van der Waals surface area contributed by atoms with Crippen molar-refractivity contribution in [3.63, 3.8) is 0 Å². The van der Waals surface area contributed by atoms with Crippen LogP contribution >= 0.6 is 0 Å². The highest BCUT2D eigenvalue weighted by molar-refractivity contribution is 8.00. The average molecular weight is 1100 g/mol. The Morgan fingerprint density at radius 3 is 2.04 bits per heavy atom. The van der Waals surface area contributed by atoms with Crippen molar-refractivity contribution in [3.05, 3.63) is 59.3 Å². The Bertz CT molecular complexity index is 2460. The lowest BCUT2D eigenvalue weighted by Crippen LogP contribution is -2.57. The van der Waals surface area contributed by atoms with Crippen LogP contribution in [0.15, 0.2) is 48.4 Å². The Hall–Kier alpha value is -5.13. The third kappa shape index (κ3) is 19.0. The Labute approximate surface area is 415 Å². The standard InChI is InChI=1S/C40H63N7O9Si.C2F6O5S2/c1-14-22-51-36(50)44-56-40(11,34(48)53-37(2,3)4)33-19-17-29-23-28(16-18-32(29)52-33)30-25-46(21-15-20-43-45-41)47(26-30)27-31(55-57(12,13)39(8,9)10)24-42-35(49)54-38(5,6)7;3-1(4,5)14(9,10)13-15(11,12)2(6,7)8/h14,16,18,23,25-26,31,33H,1,15,17,19-22,24,27H2,2-13H3,(H-,42,44,49,50);/p+1/t31?,33-,40?;/m1./s1. The topological polar surface area (TPSA) is 266 Å². The van der Waals surface area contributed by atoms with Crippen molar-refractivity contribution in [1.82, 2.24) is 15.5 Å². The molecule has 72 heavy (non-hydrogen) atoms. The molecule has 0 saturated carbocycles. The van der Waals surface area contributed by atoms with E-state index in [2.05, 4.69) is 76.7 Å². The van der Waals surface area contributed by atoms with E-state index >= 15 is 0 Å². The maximum Gasteiger partial charge on any atom is 0.524 e. The molecule has 2 amide bonds. The molecular weight excluding hydrogens is 1030 g/mol. The lowest BCUT2D eigenvalue weighted by molar-refractivity contribution is -0.775. The summed E-state index contributed by atoms with van der Waals surface area (Å²) in [4.78, 5) is 47.1. The average Bonchev–Trinajstić information content (AvgIpc) is 3.61. The summed E-state index contributed by atoms with van der Waals surface area (Å²) in [5, 5.41) is 6.57. The number of carbonyl (C=O) groups is 3. The number of benzene rings is 1. The number of alkyl carbamates (subject to hydrolysis) is 1. The molecule has 2 unspecified atom stereocenters. The number of hydrogen-bond acceptors (Lipinski definition) is 15. The van der Waals surface area contributed by atoms with Crippen molar-refractivity contribution >= 4 is 46.7 Å². The number of ether oxygens (including phenoxy) is 4. The molecular formula is C42H64F6N7O14S2Si+. The number of rotatable bonds is 19. The summed E-state index contributed by atoms with van der Waals surface area (Å²) >= 11 is 0. The maximum atomic E-state index is 13.5. The molecule has 0 spiro atoms. The van der Waals surface area contributed by atoms with Crippen LogP contribution in [0.3, 0.4) is 0 Å². The van der Waals surface area contributed by atoms with E-state index in [1.807, 2.05) is 48.9 Å². The second-order valence-electron chi connectivity index (χ2n) is 19.7. The molecule has 30 heteroatoms. The van der Waals surface area contributed by atoms with Crippen LogP contribution in [-0.4, -0.2) is 108 Å². The molecule has 408 valence electrons. The van der Waals surface area contributed by atoms with Crippen LogP contribution in [0.4, 0.5) is 35.9 Å². The molecule has 2 heterocycles. The molecule has 3 atom stereocenters. The molecule has 0 bridgehead atoms. The van der Waals surface area contributed by atoms with E-state index in [-0.39, 0.29) is 24.3 Å². The molecule has 1 aromatic carbocycles. The first kappa shape index (κ1) is 63.0. The van der Waals surface area contributed by atoms with E-state index in [9.17, 15) is 57.6 Å². The van der Waals surface area contributed by atoms with E-state index in [0.717, 1.165) is 16.7 Å². The van der Waals surface area contributed by atoms with Crippen LogP contribution in [0, 0.1) is 0 Å². The largest absolute Gasteiger partial charge is 0.524 e. The number of azide groups is 1. The fourth-order valence-electron chi connectivity index (χ4n) is 5.89. The van der Waals surface area contributed by atoms with Gasteiger partial charge in [-0.25, -0.2) is 19.2 Å². The number of aryl methyl sites for hydroxylation is 2. The van der Waals surface area contributed by atoms with Crippen molar-refractivity contribution < 1.29 is 94.1 Å². The Balaban J connectivity index is 0.00000102. The molecule has 1 aliphatic heterocycles. The number of hydroxylamine groups is 1. The van der Waals surface area contributed by atoms with E-state index in [1.54, 1.807) is 20.8 Å². The van der Waals surface area contributed by atoms with Gasteiger partial charge in [-0.15, -0.1) is 8.31 Å². The number of carbonyl (C=O) groups excluding carboxylic acids is 3. The molecule has 2 N–H and O–H groups in total. The number of aromatic nitrogens is 2. The van der Waals surface area contributed by atoms with Gasteiger partial charge in [-0.2, -0.15) is 53.3 Å². The maximum absolute atomic E-state index is 13.5. The molecule has 0 saturated heterocycles. The number of nitrogens with one attached hydrogen (secondary N) is 2. The number of hydrogen-bond donors (Lipinski definition) is 2. The van der Waals surface area contributed by atoms with Gasteiger partial charge in [0.1, 0.15) is 36.2 Å². The number of amides is 2. The van der Waals surface area contributed by atoms with E-state index in [0.29, 0.717) is 44.6 Å². The van der Waals surface area contributed by atoms with E-state index in [4.69, 9.17) is 33.7 Å². The predicted octanol–water partition coefficient (Wildman–Crippen LogP) is 8.40. The minimum absolute atomic E-state index is 0.0380. The molecule has 1 aromatic heterocycles. The zero-order chi connectivity index (χ0) is 55.5. The molecule has 0 fully saturated rings. The van der Waals surface area contributed by atoms with Gasteiger partial charge in [-0.05, 0) is 108 Å². The first-order valence-corrected chi connectivity index (χ1v) is 27.6. The third-order valence-electron chi connectivity index (χ3n) is 10.3. The summed E-state index contributed by atoms with van der Waals surface area (Å²) in [7, 11) is -16.0. The molecule has 2 aromatic rings. The van der Waals surface area contributed by atoms with Gasteiger partial charge in [0, 0.05) is 24.4 Å². The van der Waals surface area contributed by atoms with Gasteiger partial charge in [0.15, 0.2) is 14.9 Å². The van der Waals surface area contributed by atoms with Gasteiger partial charge < -0.3 is 28.7 Å². The van der Waals surface area contributed by atoms with Crippen LogP contribution in [0.5, 0.6) is 5.75 Å². The van der Waals surface area contributed by atoms with Crippen LogP contribution < -0.4 is 20.2 Å². The van der Waals surface area contributed by atoms with Crippen molar-refractivity contribution in [2.24, 2.45) is 5.11 Å². The summed E-state index contributed by atoms with van der Waals surface area (Å²) in [5.41, 5.74) is -1.83. The normalized spacial score (nSPS) is 15.9. The predicted molar refractivity (Wildman–Crippen MR) is 249 cm³/mol. The summed E-state index contributed by atoms with van der Waals surface area (Å²) in [6.45, 7) is 28.2. The lowest BCUT2D eigenvalue weighted by atomic mass is 9.89. The monoisotopic (exact) mass is 1100 g/mol. The summed E-state index contributed by atoms with van der Waals surface area (Å²) in [5.74, 6) is -0.132. The second kappa shape index (κ2) is 24.3. The number of alkyl halides is 6. The number of fused-ring (bicyclic) bond motifs is 1.